The zero-order chi connectivity index (χ0) is 12.8. The summed E-state index contributed by atoms with van der Waals surface area (Å²) in [5.41, 5.74) is 0. The Kier molecular flexibility index (Phi) is 4.35. The molecule has 5 nitrogen and oxygen atoms in total. The van der Waals surface area contributed by atoms with Crippen molar-refractivity contribution >= 4 is 11.8 Å². The lowest BCUT2D eigenvalue weighted by molar-refractivity contribution is 0.418. The van der Waals surface area contributed by atoms with Crippen LogP contribution < -0.4 is 0 Å². The molecule has 0 fully saturated rings. The van der Waals surface area contributed by atoms with Crippen molar-refractivity contribution in [1.82, 2.24) is 25.0 Å². The van der Waals surface area contributed by atoms with Gasteiger partial charge in [-0.05, 0) is 12.5 Å². The highest BCUT2D eigenvalue weighted by Crippen LogP contribution is 2.15. The van der Waals surface area contributed by atoms with E-state index in [1.165, 1.54) is 16.4 Å². The van der Waals surface area contributed by atoms with E-state index in [4.69, 9.17) is 0 Å². The van der Waals surface area contributed by atoms with Crippen LogP contribution in [0, 0.1) is 0 Å². The maximum absolute atomic E-state index is 11.8. The van der Waals surface area contributed by atoms with Gasteiger partial charge in [0, 0.05) is 18.0 Å². The molecule has 0 radical (unpaired) electrons. The van der Waals surface area contributed by atoms with E-state index in [1.54, 1.807) is 24.7 Å². The molecule has 94 valence electrons. The maximum atomic E-state index is 11.8. The molecule has 2 aromatic heterocycles. The van der Waals surface area contributed by atoms with E-state index in [-0.39, 0.29) is 6.42 Å². The van der Waals surface area contributed by atoms with Crippen LogP contribution >= 0.6 is 11.8 Å². The largest absolute Gasteiger partial charge is 0.266 e. The standard InChI is InChI=1S/C10H9F2N5S/c11-8(12)2-1-7-18-10-13-4-3-9(15-10)17-6-5-14-16-17/h2-6H,1,7H2. The quantitative estimate of drug-likeness (QED) is 0.473. The van der Waals surface area contributed by atoms with Crippen molar-refractivity contribution in [3.8, 4) is 5.82 Å². The summed E-state index contributed by atoms with van der Waals surface area (Å²) in [6, 6.07) is 1.69. The third-order valence-electron chi connectivity index (χ3n) is 1.92. The predicted molar refractivity (Wildman–Crippen MR) is 62.6 cm³/mol. The summed E-state index contributed by atoms with van der Waals surface area (Å²) in [6.45, 7) is 0. The van der Waals surface area contributed by atoms with Gasteiger partial charge in [-0.1, -0.05) is 17.0 Å². The monoisotopic (exact) mass is 269 g/mol. The normalized spacial score (nSPS) is 10.3. The van der Waals surface area contributed by atoms with E-state index in [2.05, 4.69) is 20.3 Å². The van der Waals surface area contributed by atoms with Gasteiger partial charge in [-0.25, -0.2) is 14.6 Å². The van der Waals surface area contributed by atoms with Crippen molar-refractivity contribution in [3.63, 3.8) is 0 Å². The molecule has 0 saturated heterocycles. The van der Waals surface area contributed by atoms with Gasteiger partial charge < -0.3 is 0 Å². The van der Waals surface area contributed by atoms with Crippen LogP contribution in [0.25, 0.3) is 5.82 Å². The van der Waals surface area contributed by atoms with Gasteiger partial charge in [0.2, 0.25) is 0 Å². The Morgan fingerprint density at radius 2 is 2.28 bits per heavy atom. The molecule has 0 aliphatic carbocycles. The molecule has 18 heavy (non-hydrogen) atoms. The number of aromatic nitrogens is 5. The Balaban J connectivity index is 1.98. The second-order valence-corrected chi connectivity index (χ2v) is 4.24. The lowest BCUT2D eigenvalue weighted by atomic mass is 10.5. The third kappa shape index (κ3) is 3.59. The Hall–Kier alpha value is -1.83. The first-order chi connectivity index (χ1) is 8.75. The number of halogens is 2. The number of hydrogen-bond donors (Lipinski definition) is 0. The van der Waals surface area contributed by atoms with Crippen LogP contribution in [0.1, 0.15) is 6.42 Å². The second kappa shape index (κ2) is 6.20. The average molecular weight is 269 g/mol. The highest BCUT2D eigenvalue weighted by atomic mass is 32.2. The van der Waals surface area contributed by atoms with Gasteiger partial charge in [0.05, 0.1) is 12.4 Å². The van der Waals surface area contributed by atoms with Crippen molar-refractivity contribution in [1.29, 1.82) is 0 Å². The number of thioether (sulfide) groups is 1. The van der Waals surface area contributed by atoms with E-state index < -0.39 is 6.08 Å². The predicted octanol–water partition coefficient (Wildman–Crippen LogP) is 2.32. The molecule has 0 aliphatic rings. The van der Waals surface area contributed by atoms with Crippen molar-refractivity contribution in [2.45, 2.75) is 11.6 Å². The Morgan fingerprint density at radius 3 is 3.00 bits per heavy atom. The summed E-state index contributed by atoms with van der Waals surface area (Å²) in [4.78, 5) is 8.28. The number of rotatable bonds is 5. The van der Waals surface area contributed by atoms with Gasteiger partial charge in [-0.15, -0.1) is 5.10 Å². The molecule has 2 aromatic rings. The number of nitrogens with zero attached hydrogens (tertiary/aromatic N) is 5. The molecule has 0 saturated carbocycles. The molecule has 8 heteroatoms. The molecule has 2 heterocycles. The Bertz CT molecular complexity index is 525. The SMILES string of the molecule is FC(F)=CCCSc1nccc(-n2ccnn2)n1. The average Bonchev–Trinajstić information content (AvgIpc) is 2.89. The summed E-state index contributed by atoms with van der Waals surface area (Å²) in [5.74, 6) is 1.09. The third-order valence-corrected chi connectivity index (χ3v) is 2.82. The van der Waals surface area contributed by atoms with Gasteiger partial charge >= 0.3 is 0 Å². The van der Waals surface area contributed by atoms with Crippen LogP contribution in [-0.2, 0) is 0 Å². The van der Waals surface area contributed by atoms with E-state index in [0.717, 1.165) is 6.08 Å². The van der Waals surface area contributed by atoms with Gasteiger partial charge in [-0.3, -0.25) is 0 Å². The fourth-order valence-corrected chi connectivity index (χ4v) is 1.89. The molecular formula is C10H9F2N5S. The van der Waals surface area contributed by atoms with E-state index in [1.807, 2.05) is 0 Å². The minimum atomic E-state index is -1.66. The molecule has 0 spiro atoms. The van der Waals surface area contributed by atoms with Gasteiger partial charge in [0.1, 0.15) is 0 Å². The molecule has 2 rings (SSSR count). The smallest absolute Gasteiger partial charge is 0.231 e. The van der Waals surface area contributed by atoms with Crippen molar-refractivity contribution in [2.24, 2.45) is 0 Å². The molecule has 0 N–H and O–H groups in total. The second-order valence-electron chi connectivity index (χ2n) is 3.18. The fourth-order valence-electron chi connectivity index (χ4n) is 1.18. The van der Waals surface area contributed by atoms with Gasteiger partial charge in [0.25, 0.3) is 6.08 Å². The van der Waals surface area contributed by atoms with Crippen molar-refractivity contribution in [3.05, 3.63) is 36.8 Å². The topological polar surface area (TPSA) is 56.5 Å². The Labute approximate surface area is 106 Å². The molecule has 0 atom stereocenters. The fraction of sp³-hybridized carbons (Fsp3) is 0.200. The molecular weight excluding hydrogens is 260 g/mol. The minimum Gasteiger partial charge on any atom is -0.231 e. The first-order valence-electron chi connectivity index (χ1n) is 5.09. The van der Waals surface area contributed by atoms with Crippen LogP contribution in [0.3, 0.4) is 0 Å². The molecule has 0 bridgehead atoms. The van der Waals surface area contributed by atoms with Gasteiger partial charge in [0.15, 0.2) is 11.0 Å². The number of hydrogen-bond acceptors (Lipinski definition) is 5. The summed E-state index contributed by atoms with van der Waals surface area (Å²) < 4.78 is 25.1. The van der Waals surface area contributed by atoms with Crippen molar-refractivity contribution in [2.75, 3.05) is 5.75 Å². The summed E-state index contributed by atoms with van der Waals surface area (Å²) in [7, 11) is 0. The van der Waals surface area contributed by atoms with E-state index in [9.17, 15) is 8.78 Å². The minimum absolute atomic E-state index is 0.282. The van der Waals surface area contributed by atoms with Crippen LogP contribution in [0.2, 0.25) is 0 Å². The highest BCUT2D eigenvalue weighted by molar-refractivity contribution is 7.99. The van der Waals surface area contributed by atoms with E-state index in [0.29, 0.717) is 16.7 Å². The first-order valence-corrected chi connectivity index (χ1v) is 6.08. The molecule has 0 unspecified atom stereocenters. The number of allylic oxidation sites excluding steroid dienone is 1. The molecule has 0 amide bonds. The molecule has 0 aliphatic heterocycles. The van der Waals surface area contributed by atoms with Gasteiger partial charge in [-0.2, -0.15) is 8.78 Å². The first kappa shape index (κ1) is 12.6. The van der Waals surface area contributed by atoms with Crippen LogP contribution in [0.4, 0.5) is 8.78 Å². The molecule has 0 aromatic carbocycles. The van der Waals surface area contributed by atoms with Crippen LogP contribution in [-0.4, -0.2) is 30.7 Å². The zero-order valence-corrected chi connectivity index (χ0v) is 10.0. The lowest BCUT2D eigenvalue weighted by Gasteiger charge is -2.01. The summed E-state index contributed by atoms with van der Waals surface area (Å²) in [5, 5.41) is 8.01. The Morgan fingerprint density at radius 1 is 1.39 bits per heavy atom. The van der Waals surface area contributed by atoms with Crippen LogP contribution in [0.5, 0.6) is 0 Å². The zero-order valence-electron chi connectivity index (χ0n) is 9.20. The maximum Gasteiger partial charge on any atom is 0.266 e. The lowest BCUT2D eigenvalue weighted by Crippen LogP contribution is -2.00. The van der Waals surface area contributed by atoms with Crippen LogP contribution in [0.15, 0.2) is 42.0 Å². The van der Waals surface area contributed by atoms with Crippen molar-refractivity contribution < 1.29 is 8.78 Å². The summed E-state index contributed by atoms with van der Waals surface area (Å²) >= 11 is 1.31. The highest BCUT2D eigenvalue weighted by Gasteiger charge is 2.02. The van der Waals surface area contributed by atoms with E-state index >= 15 is 0 Å². The summed E-state index contributed by atoms with van der Waals surface area (Å²) in [6.07, 6.45) is 4.31.